The Hall–Kier alpha value is -2.33. The molecule has 0 saturated carbocycles. The Kier molecular flexibility index (Phi) is 8.14. The van der Waals surface area contributed by atoms with E-state index in [-0.39, 0.29) is 11.5 Å². The van der Waals surface area contributed by atoms with Gasteiger partial charge in [0.2, 0.25) is 5.91 Å². The van der Waals surface area contributed by atoms with E-state index in [1.807, 2.05) is 36.1 Å². The highest BCUT2D eigenvalue weighted by Gasteiger charge is 2.34. The molecule has 1 aliphatic heterocycles. The van der Waals surface area contributed by atoms with Gasteiger partial charge in [0.05, 0.1) is 12.7 Å². The summed E-state index contributed by atoms with van der Waals surface area (Å²) in [5.41, 5.74) is 2.42. The first-order chi connectivity index (χ1) is 14.9. The predicted molar refractivity (Wildman–Crippen MR) is 125 cm³/mol. The van der Waals surface area contributed by atoms with Crippen LogP contribution >= 0.6 is 0 Å². The van der Waals surface area contributed by atoms with Crippen molar-refractivity contribution in [2.24, 2.45) is 5.92 Å². The normalized spacial score (nSPS) is 18.9. The van der Waals surface area contributed by atoms with Gasteiger partial charge in [-0.25, -0.2) is 0 Å². The van der Waals surface area contributed by atoms with Crippen molar-refractivity contribution in [1.82, 2.24) is 4.90 Å². The first kappa shape index (κ1) is 23.3. The smallest absolute Gasteiger partial charge is 0.222 e. The number of nitrogens with zero attached hydrogens (tertiary/aromatic N) is 1. The van der Waals surface area contributed by atoms with Crippen molar-refractivity contribution in [3.63, 3.8) is 0 Å². The lowest BCUT2D eigenvalue weighted by atomic mass is 9.75. The van der Waals surface area contributed by atoms with Crippen LogP contribution in [0.2, 0.25) is 0 Å². The summed E-state index contributed by atoms with van der Waals surface area (Å²) < 4.78 is 11.2. The number of hydrogen-bond acceptors (Lipinski definition) is 3. The number of amides is 1. The number of hydrogen-bond donors (Lipinski definition) is 0. The van der Waals surface area contributed by atoms with Crippen molar-refractivity contribution in [1.29, 1.82) is 0 Å². The summed E-state index contributed by atoms with van der Waals surface area (Å²) in [6.45, 7) is 8.53. The number of carbonyl (C=O) groups is 1. The van der Waals surface area contributed by atoms with Gasteiger partial charge in [0, 0.05) is 26.1 Å². The molecule has 1 fully saturated rings. The van der Waals surface area contributed by atoms with Crippen molar-refractivity contribution in [3.8, 4) is 5.75 Å². The molecular weight excluding hydrogens is 386 g/mol. The molecule has 4 heteroatoms. The van der Waals surface area contributed by atoms with E-state index in [9.17, 15) is 4.79 Å². The monoisotopic (exact) mass is 423 g/mol. The van der Waals surface area contributed by atoms with E-state index < -0.39 is 0 Å². The van der Waals surface area contributed by atoms with Crippen LogP contribution in [0.15, 0.2) is 54.6 Å². The second-order valence-electron chi connectivity index (χ2n) is 9.18. The molecule has 1 saturated heterocycles. The Morgan fingerprint density at radius 1 is 1.16 bits per heavy atom. The van der Waals surface area contributed by atoms with E-state index in [2.05, 4.69) is 44.2 Å². The molecule has 0 spiro atoms. The van der Waals surface area contributed by atoms with E-state index in [1.54, 1.807) is 7.11 Å². The van der Waals surface area contributed by atoms with Crippen molar-refractivity contribution in [2.75, 3.05) is 20.3 Å². The van der Waals surface area contributed by atoms with Crippen molar-refractivity contribution < 1.29 is 14.3 Å². The maximum atomic E-state index is 12.7. The molecule has 2 unspecified atom stereocenters. The zero-order chi connectivity index (χ0) is 22.3. The Bertz CT molecular complexity index is 816. The van der Waals surface area contributed by atoms with Gasteiger partial charge < -0.3 is 14.4 Å². The van der Waals surface area contributed by atoms with Crippen molar-refractivity contribution >= 4 is 5.91 Å². The van der Waals surface area contributed by atoms with Crippen LogP contribution in [0.4, 0.5) is 0 Å². The number of benzene rings is 2. The zero-order valence-corrected chi connectivity index (χ0v) is 19.5. The fourth-order valence-corrected chi connectivity index (χ4v) is 4.76. The third-order valence-corrected chi connectivity index (χ3v) is 6.43. The number of rotatable bonds is 9. The molecule has 2 aromatic carbocycles. The van der Waals surface area contributed by atoms with Gasteiger partial charge >= 0.3 is 0 Å². The number of carbonyl (C=O) groups excluding carboxylic acids is 1. The summed E-state index contributed by atoms with van der Waals surface area (Å²) in [5.74, 6) is 2.02. The summed E-state index contributed by atoms with van der Waals surface area (Å²) in [4.78, 5) is 14.8. The molecule has 31 heavy (non-hydrogen) atoms. The molecule has 0 aliphatic carbocycles. The van der Waals surface area contributed by atoms with Gasteiger partial charge in [-0.3, -0.25) is 4.79 Å². The molecule has 1 amide bonds. The maximum Gasteiger partial charge on any atom is 0.222 e. The van der Waals surface area contributed by atoms with Crippen LogP contribution in [0.3, 0.4) is 0 Å². The Morgan fingerprint density at radius 2 is 1.87 bits per heavy atom. The zero-order valence-electron chi connectivity index (χ0n) is 19.5. The molecule has 2 atom stereocenters. The van der Waals surface area contributed by atoms with Gasteiger partial charge in [0.15, 0.2) is 0 Å². The fraction of sp³-hybridized carbons (Fsp3) is 0.519. The molecule has 0 aromatic heterocycles. The third kappa shape index (κ3) is 6.57. The van der Waals surface area contributed by atoms with Gasteiger partial charge in [0.25, 0.3) is 0 Å². The first-order valence-electron chi connectivity index (χ1n) is 11.5. The minimum atomic E-state index is -0.0854. The average molecular weight is 424 g/mol. The fourth-order valence-electron chi connectivity index (χ4n) is 4.76. The van der Waals surface area contributed by atoms with Gasteiger partial charge in [0.1, 0.15) is 5.75 Å². The molecule has 0 N–H and O–H groups in total. The van der Waals surface area contributed by atoms with Crippen LogP contribution in [0, 0.1) is 5.92 Å². The molecular formula is C27H37NO3. The van der Waals surface area contributed by atoms with Gasteiger partial charge in [-0.2, -0.15) is 0 Å². The summed E-state index contributed by atoms with van der Waals surface area (Å²) in [6, 6.07) is 18.8. The molecule has 1 aliphatic rings. The lowest BCUT2D eigenvalue weighted by Crippen LogP contribution is -2.37. The Balaban J connectivity index is 1.75. The number of methoxy groups -OCH3 is 1. The second kappa shape index (κ2) is 10.8. The van der Waals surface area contributed by atoms with Gasteiger partial charge in [-0.05, 0) is 68.2 Å². The maximum absolute atomic E-state index is 12.7. The van der Waals surface area contributed by atoms with Crippen LogP contribution in [0.25, 0.3) is 0 Å². The summed E-state index contributed by atoms with van der Waals surface area (Å²) in [5, 5.41) is 0. The second-order valence-corrected chi connectivity index (χ2v) is 9.18. The SMILES string of the molecule is CCC(=O)N(CCC(c1ccccc1)C1CCOC(C)(C)C1)Cc1ccc(OC)cc1. The Morgan fingerprint density at radius 3 is 2.48 bits per heavy atom. The van der Waals surface area contributed by atoms with Crippen LogP contribution in [0.1, 0.15) is 63.5 Å². The third-order valence-electron chi connectivity index (χ3n) is 6.43. The van der Waals surface area contributed by atoms with Crippen molar-refractivity contribution in [2.45, 2.75) is 64.5 Å². The predicted octanol–water partition coefficient (Wildman–Crippen LogP) is 5.81. The van der Waals surface area contributed by atoms with E-state index in [4.69, 9.17) is 9.47 Å². The largest absolute Gasteiger partial charge is 0.497 e. The molecule has 4 nitrogen and oxygen atoms in total. The van der Waals surface area contributed by atoms with Crippen molar-refractivity contribution in [3.05, 3.63) is 65.7 Å². The van der Waals surface area contributed by atoms with Crippen LogP contribution in [0.5, 0.6) is 5.75 Å². The van der Waals surface area contributed by atoms with E-state index >= 15 is 0 Å². The van der Waals surface area contributed by atoms with Gasteiger partial charge in [-0.1, -0.05) is 49.4 Å². The average Bonchev–Trinajstić information content (AvgIpc) is 2.78. The minimum Gasteiger partial charge on any atom is -0.497 e. The van der Waals surface area contributed by atoms with Crippen LogP contribution < -0.4 is 4.74 Å². The molecule has 3 rings (SSSR count). The first-order valence-corrected chi connectivity index (χ1v) is 11.5. The Labute approximate surface area is 187 Å². The lowest BCUT2D eigenvalue weighted by Gasteiger charge is -2.40. The highest BCUT2D eigenvalue weighted by Crippen LogP contribution is 2.40. The highest BCUT2D eigenvalue weighted by atomic mass is 16.5. The van der Waals surface area contributed by atoms with Crippen LogP contribution in [-0.4, -0.2) is 36.7 Å². The summed E-state index contributed by atoms with van der Waals surface area (Å²) in [6.07, 6.45) is 3.61. The molecule has 1 heterocycles. The molecule has 0 bridgehead atoms. The number of ether oxygens (including phenoxy) is 2. The highest BCUT2D eigenvalue weighted by molar-refractivity contribution is 5.75. The minimum absolute atomic E-state index is 0.0854. The van der Waals surface area contributed by atoms with Gasteiger partial charge in [-0.15, -0.1) is 0 Å². The molecule has 168 valence electrons. The van der Waals surface area contributed by atoms with Crippen LogP contribution in [-0.2, 0) is 16.1 Å². The molecule has 2 aromatic rings. The standard InChI is InChI=1S/C27H37NO3/c1-5-26(29)28(20-21-11-13-24(30-4)14-12-21)17-15-25(22-9-7-6-8-10-22)23-16-18-31-27(2,3)19-23/h6-14,23,25H,5,15-20H2,1-4H3. The summed E-state index contributed by atoms with van der Waals surface area (Å²) >= 11 is 0. The quantitative estimate of drug-likeness (QED) is 0.511. The van der Waals surface area contributed by atoms with E-state index in [0.717, 1.165) is 43.7 Å². The topological polar surface area (TPSA) is 38.8 Å². The van der Waals surface area contributed by atoms with E-state index in [1.165, 1.54) is 5.56 Å². The lowest BCUT2D eigenvalue weighted by molar-refractivity contribution is -0.131. The van der Waals surface area contributed by atoms with E-state index in [0.29, 0.717) is 24.8 Å². The molecule has 0 radical (unpaired) electrons. The summed E-state index contributed by atoms with van der Waals surface area (Å²) in [7, 11) is 1.67.